The van der Waals surface area contributed by atoms with Gasteiger partial charge in [-0.15, -0.1) is 0 Å². The van der Waals surface area contributed by atoms with Gasteiger partial charge in [0, 0.05) is 11.7 Å². The number of rotatable bonds is 2. The molecule has 1 aromatic rings. The van der Waals surface area contributed by atoms with Crippen LogP contribution >= 0.6 is 0 Å². The maximum atomic E-state index is 14.4. The molecule has 4 atom stereocenters. The smallest absolute Gasteiger partial charge is 0.314 e. The summed E-state index contributed by atoms with van der Waals surface area (Å²) in [6, 6.07) is 5.50. The van der Waals surface area contributed by atoms with E-state index in [1.54, 1.807) is 17.0 Å². The number of alkyl halides is 1. The Morgan fingerprint density at radius 3 is 2.85 bits per heavy atom. The highest BCUT2D eigenvalue weighted by Gasteiger charge is 2.53. The molecule has 1 spiro atoms. The van der Waals surface area contributed by atoms with Crippen molar-refractivity contribution in [3.63, 3.8) is 0 Å². The van der Waals surface area contributed by atoms with Crippen LogP contribution in [0.25, 0.3) is 0 Å². The zero-order valence-electron chi connectivity index (χ0n) is 15.5. The summed E-state index contributed by atoms with van der Waals surface area (Å²) in [6.45, 7) is 2.77. The van der Waals surface area contributed by atoms with Crippen molar-refractivity contribution < 1.29 is 13.6 Å². The summed E-state index contributed by atoms with van der Waals surface area (Å²) in [6.07, 6.45) is 3.38. The molecule has 27 heavy (non-hydrogen) atoms. The van der Waals surface area contributed by atoms with E-state index in [9.17, 15) is 13.6 Å². The second kappa shape index (κ2) is 7.19. The third-order valence-corrected chi connectivity index (χ3v) is 5.98. The molecule has 1 unspecified atom stereocenters. The lowest BCUT2D eigenvalue weighted by molar-refractivity contribution is 0.218. The zero-order chi connectivity index (χ0) is 19.0. The molecule has 1 aromatic carbocycles. The first kappa shape index (κ1) is 18.3. The second-order valence-electron chi connectivity index (χ2n) is 7.93. The Morgan fingerprint density at radius 1 is 1.30 bits per heavy atom. The summed E-state index contributed by atoms with van der Waals surface area (Å²) in [5.41, 5.74) is -0.181. The molecule has 3 fully saturated rings. The van der Waals surface area contributed by atoms with Crippen molar-refractivity contribution in [1.29, 1.82) is 0 Å². The Balaban J connectivity index is 1.76. The zero-order valence-corrected chi connectivity index (χ0v) is 15.5. The van der Waals surface area contributed by atoms with Gasteiger partial charge in [0.1, 0.15) is 23.4 Å². The molecule has 5 nitrogen and oxygen atoms in total. The molecule has 1 aliphatic carbocycles. The van der Waals surface area contributed by atoms with E-state index in [1.807, 2.05) is 0 Å². The van der Waals surface area contributed by atoms with Crippen LogP contribution in [0.15, 0.2) is 29.3 Å². The molecular weight excluding hydrogens is 350 g/mol. The average molecular weight is 376 g/mol. The van der Waals surface area contributed by atoms with Gasteiger partial charge in [0.2, 0.25) is 0 Å². The maximum Gasteiger partial charge on any atom is 0.328 e. The van der Waals surface area contributed by atoms with Gasteiger partial charge in [-0.1, -0.05) is 18.9 Å². The first-order chi connectivity index (χ1) is 13.0. The summed E-state index contributed by atoms with van der Waals surface area (Å²) in [5, 5.41) is 6.29. The Bertz CT molecular complexity index is 755. The van der Waals surface area contributed by atoms with E-state index in [-0.39, 0.29) is 17.9 Å². The lowest BCUT2D eigenvalue weighted by atomic mass is 9.82. The SMILES string of the molecule is C[C@H]1C[C@]2(CCN1)C(=N[C@H]1CCCCC1F)NC(=O)N2c1cccc(F)c1. The lowest BCUT2D eigenvalue weighted by Gasteiger charge is -2.43. The van der Waals surface area contributed by atoms with Crippen LogP contribution in [0, 0.1) is 5.82 Å². The van der Waals surface area contributed by atoms with Gasteiger partial charge in [-0.2, -0.15) is 0 Å². The van der Waals surface area contributed by atoms with E-state index in [2.05, 4.69) is 17.6 Å². The van der Waals surface area contributed by atoms with Gasteiger partial charge < -0.3 is 5.32 Å². The molecule has 146 valence electrons. The summed E-state index contributed by atoms with van der Waals surface area (Å²) in [7, 11) is 0. The first-order valence-electron chi connectivity index (χ1n) is 9.82. The predicted molar refractivity (Wildman–Crippen MR) is 101 cm³/mol. The monoisotopic (exact) mass is 376 g/mol. The third-order valence-electron chi connectivity index (χ3n) is 5.98. The van der Waals surface area contributed by atoms with Crippen molar-refractivity contribution in [2.24, 2.45) is 4.99 Å². The molecule has 4 rings (SSSR count). The molecule has 0 bridgehead atoms. The number of carbonyl (C=O) groups is 1. The van der Waals surface area contributed by atoms with E-state index in [4.69, 9.17) is 4.99 Å². The van der Waals surface area contributed by atoms with Crippen LogP contribution in [0.2, 0.25) is 0 Å². The lowest BCUT2D eigenvalue weighted by Crippen LogP contribution is -2.58. The molecule has 2 saturated heterocycles. The highest BCUT2D eigenvalue weighted by atomic mass is 19.1. The summed E-state index contributed by atoms with van der Waals surface area (Å²) < 4.78 is 28.3. The van der Waals surface area contributed by atoms with Crippen molar-refractivity contribution >= 4 is 17.6 Å². The number of anilines is 1. The predicted octanol–water partition coefficient (Wildman–Crippen LogP) is 3.55. The highest BCUT2D eigenvalue weighted by Crippen LogP contribution is 2.38. The van der Waals surface area contributed by atoms with Gasteiger partial charge in [0.05, 0.1) is 6.04 Å². The van der Waals surface area contributed by atoms with Gasteiger partial charge in [-0.3, -0.25) is 15.2 Å². The number of nitrogens with zero attached hydrogens (tertiary/aromatic N) is 2. The largest absolute Gasteiger partial charge is 0.328 e. The van der Waals surface area contributed by atoms with Crippen molar-refractivity contribution in [3.8, 4) is 0 Å². The standard InChI is InChI=1S/C20H26F2N4O/c1-13-12-20(9-10-23-13)18(24-17-8-3-2-7-16(17)22)25-19(27)26(20)15-6-4-5-14(21)11-15/h4-6,11,13,16-17,23H,2-3,7-10,12H2,1H3,(H,24,25,27)/t13-,16?,17-,20+/m0/s1. The van der Waals surface area contributed by atoms with Gasteiger partial charge in [-0.25, -0.2) is 13.6 Å². The fourth-order valence-corrected chi connectivity index (χ4v) is 4.71. The average Bonchev–Trinajstić information content (AvgIpc) is 2.87. The number of hydrogen-bond acceptors (Lipinski definition) is 3. The molecule has 1 saturated carbocycles. The summed E-state index contributed by atoms with van der Waals surface area (Å²) in [5.74, 6) is 0.151. The van der Waals surface area contributed by atoms with Crippen LogP contribution in [0.5, 0.6) is 0 Å². The Morgan fingerprint density at radius 2 is 2.11 bits per heavy atom. The number of halogens is 2. The maximum absolute atomic E-state index is 14.4. The molecule has 0 radical (unpaired) electrons. The minimum absolute atomic E-state index is 0.167. The molecule has 2 N–H and O–H groups in total. The molecule has 3 aliphatic rings. The van der Waals surface area contributed by atoms with Crippen molar-refractivity contribution in [1.82, 2.24) is 10.6 Å². The minimum Gasteiger partial charge on any atom is -0.314 e. The van der Waals surface area contributed by atoms with Crippen LogP contribution in [0.1, 0.15) is 45.4 Å². The summed E-state index contributed by atoms with van der Waals surface area (Å²) in [4.78, 5) is 19.2. The van der Waals surface area contributed by atoms with Crippen molar-refractivity contribution in [2.75, 3.05) is 11.4 Å². The minimum atomic E-state index is -0.970. The van der Waals surface area contributed by atoms with Crippen LogP contribution in [-0.2, 0) is 0 Å². The van der Waals surface area contributed by atoms with E-state index in [1.165, 1.54) is 12.1 Å². The number of urea groups is 1. The van der Waals surface area contributed by atoms with Crippen LogP contribution in [-0.4, -0.2) is 42.2 Å². The molecule has 2 heterocycles. The number of nitrogens with one attached hydrogen (secondary N) is 2. The van der Waals surface area contributed by atoms with Crippen LogP contribution in [0.3, 0.4) is 0 Å². The Hall–Kier alpha value is -2.02. The molecular formula is C20H26F2N4O. The summed E-state index contributed by atoms with van der Waals surface area (Å²) >= 11 is 0. The fourth-order valence-electron chi connectivity index (χ4n) is 4.71. The van der Waals surface area contributed by atoms with E-state index >= 15 is 0 Å². The third kappa shape index (κ3) is 3.33. The number of carbonyl (C=O) groups excluding carboxylic acids is 1. The molecule has 0 aromatic heterocycles. The quantitative estimate of drug-likeness (QED) is 0.829. The number of hydrogen-bond donors (Lipinski definition) is 2. The van der Waals surface area contributed by atoms with Gasteiger partial charge in [0.25, 0.3) is 0 Å². The topological polar surface area (TPSA) is 56.7 Å². The van der Waals surface area contributed by atoms with Gasteiger partial charge >= 0.3 is 6.03 Å². The number of piperidine rings is 1. The normalized spacial score (nSPS) is 35.7. The number of amidine groups is 1. The van der Waals surface area contributed by atoms with Crippen LogP contribution in [0.4, 0.5) is 19.3 Å². The Labute approximate surface area is 158 Å². The van der Waals surface area contributed by atoms with E-state index in [0.29, 0.717) is 43.8 Å². The fraction of sp³-hybridized carbons (Fsp3) is 0.600. The second-order valence-corrected chi connectivity index (χ2v) is 7.93. The number of aliphatic imine (C=N–C) groups is 1. The van der Waals surface area contributed by atoms with Gasteiger partial charge in [0.15, 0.2) is 0 Å². The highest BCUT2D eigenvalue weighted by molar-refractivity contribution is 6.19. The molecule has 7 heteroatoms. The van der Waals surface area contributed by atoms with E-state index in [0.717, 1.165) is 12.8 Å². The Kier molecular flexibility index (Phi) is 4.88. The molecule has 2 amide bonds. The number of benzene rings is 1. The van der Waals surface area contributed by atoms with Crippen molar-refractivity contribution in [2.45, 2.75) is 69.2 Å². The van der Waals surface area contributed by atoms with E-state index < -0.39 is 17.8 Å². The molecule has 2 aliphatic heterocycles. The van der Waals surface area contributed by atoms with Crippen molar-refractivity contribution in [3.05, 3.63) is 30.1 Å². The first-order valence-corrected chi connectivity index (χ1v) is 9.82. The number of amides is 2. The van der Waals surface area contributed by atoms with Crippen LogP contribution < -0.4 is 15.5 Å². The van der Waals surface area contributed by atoms with Gasteiger partial charge in [-0.05, 0) is 57.4 Å².